The molecule has 2 atom stereocenters. The number of thiocarbonyl (C=S) groups is 2. The summed E-state index contributed by atoms with van der Waals surface area (Å²) < 4.78 is 0. The molecule has 4 N–H and O–H groups in total. The van der Waals surface area contributed by atoms with Gasteiger partial charge >= 0.3 is 0 Å². The maximum Gasteiger partial charge on any atom is 0.219 e. The van der Waals surface area contributed by atoms with Crippen molar-refractivity contribution in [2.45, 2.75) is 24.9 Å². The van der Waals surface area contributed by atoms with Gasteiger partial charge in [0.05, 0.1) is 35.9 Å². The Hall–Kier alpha value is -1.53. The molecule has 0 saturated carbocycles. The summed E-state index contributed by atoms with van der Waals surface area (Å²) in [5.41, 5.74) is 12.5. The maximum atomic E-state index is 12.0. The number of carbonyl (C=O) groups is 2. The highest BCUT2D eigenvalue weighted by molar-refractivity contribution is 8.26. The Balaban J connectivity index is 1.83. The molecule has 8 nitrogen and oxygen atoms in total. The van der Waals surface area contributed by atoms with Crippen molar-refractivity contribution >= 4 is 80.5 Å². The summed E-state index contributed by atoms with van der Waals surface area (Å²) in [6.45, 7) is 0. The Morgan fingerprint density at radius 2 is 1.35 bits per heavy atom. The van der Waals surface area contributed by atoms with E-state index in [1.807, 2.05) is 0 Å². The zero-order chi connectivity index (χ0) is 17.0. The van der Waals surface area contributed by atoms with E-state index in [9.17, 15) is 9.59 Å². The van der Waals surface area contributed by atoms with Crippen LogP contribution < -0.4 is 11.5 Å². The van der Waals surface area contributed by atoms with Gasteiger partial charge in [0.25, 0.3) is 0 Å². The molecule has 11 heteroatoms. The van der Waals surface area contributed by atoms with Gasteiger partial charge in [-0.1, -0.05) is 0 Å². The van der Waals surface area contributed by atoms with Crippen molar-refractivity contribution in [3.8, 4) is 0 Å². The van der Waals surface area contributed by atoms with Crippen LogP contribution in [0.4, 0.5) is 0 Å². The lowest BCUT2D eigenvalue weighted by Crippen LogP contribution is -2.36. The second-order valence-electron chi connectivity index (χ2n) is 4.65. The summed E-state index contributed by atoms with van der Waals surface area (Å²) >= 11 is 10.0. The van der Waals surface area contributed by atoms with Gasteiger partial charge < -0.3 is 11.5 Å². The van der Waals surface area contributed by atoms with Gasteiger partial charge in [-0.25, -0.2) is 20.0 Å². The number of nitrogens with two attached hydrogens (primary N) is 2. The molecule has 23 heavy (non-hydrogen) atoms. The fourth-order valence-electron chi connectivity index (χ4n) is 1.69. The highest BCUT2D eigenvalue weighted by Crippen LogP contribution is 2.14. The monoisotopic (exact) mass is 368 g/mol. The lowest BCUT2D eigenvalue weighted by Gasteiger charge is -2.11. The van der Waals surface area contributed by atoms with E-state index >= 15 is 0 Å². The molecule has 2 rings (SSSR count). The van der Waals surface area contributed by atoms with Gasteiger partial charge in [-0.05, 0) is 36.2 Å². The van der Waals surface area contributed by atoms with E-state index in [0.29, 0.717) is 23.2 Å². The molecule has 2 heterocycles. The average Bonchev–Trinajstić information content (AvgIpc) is 3.07. The number of rotatable bonds is 6. The third kappa shape index (κ3) is 5.25. The number of aliphatic imine (C=N–C) groups is 4. The van der Waals surface area contributed by atoms with Gasteiger partial charge in [0.1, 0.15) is 0 Å². The number of nitrogens with zero attached hydrogens (tertiary/aromatic N) is 4. The highest BCUT2D eigenvalue weighted by atomic mass is 32.2. The average molecular weight is 368 g/mol. The van der Waals surface area contributed by atoms with E-state index in [1.54, 1.807) is 0 Å². The standard InChI is InChI=1S/C12H12N6O2S3/c13-7(1-5-3-15-11(21)17-5)9(19)23-10(20)8(14)2-6-4-16-12(22)18-6/h3-4,7-8H,1-2,13-14H2/t7-,8-/m0/s1. The third-order valence-electron chi connectivity index (χ3n) is 2.79. The largest absolute Gasteiger partial charge is 0.320 e. The van der Waals surface area contributed by atoms with Crippen LogP contribution in [0.25, 0.3) is 0 Å². The molecule has 0 amide bonds. The predicted octanol–water partition coefficient (Wildman–Crippen LogP) is -0.172. The maximum absolute atomic E-state index is 12.0. The van der Waals surface area contributed by atoms with Gasteiger partial charge in [-0.2, -0.15) is 0 Å². The molecule has 2 aliphatic rings. The van der Waals surface area contributed by atoms with Gasteiger partial charge in [-0.15, -0.1) is 0 Å². The Bertz CT molecular complexity index is 639. The summed E-state index contributed by atoms with van der Waals surface area (Å²) in [4.78, 5) is 39.4. The van der Waals surface area contributed by atoms with E-state index in [1.165, 1.54) is 12.4 Å². The van der Waals surface area contributed by atoms with Crippen LogP contribution in [0.3, 0.4) is 0 Å². The molecule has 0 aromatic heterocycles. The van der Waals surface area contributed by atoms with Crippen molar-refractivity contribution in [2.75, 3.05) is 0 Å². The van der Waals surface area contributed by atoms with Crippen LogP contribution in [0.2, 0.25) is 0 Å². The Labute approximate surface area is 146 Å². The van der Waals surface area contributed by atoms with E-state index in [2.05, 4.69) is 20.0 Å². The molecule has 0 bridgehead atoms. The van der Waals surface area contributed by atoms with Crippen LogP contribution in [0.1, 0.15) is 12.8 Å². The smallest absolute Gasteiger partial charge is 0.219 e. The predicted molar refractivity (Wildman–Crippen MR) is 99.8 cm³/mol. The molecule has 0 aromatic carbocycles. The van der Waals surface area contributed by atoms with E-state index < -0.39 is 22.3 Å². The molecule has 0 aromatic rings. The summed E-state index contributed by atoms with van der Waals surface area (Å²) in [5.74, 6) is 0. The SMILES string of the molecule is N[C@@H](CC1=NC(=S)N=C1)C(=O)SC(=O)[C@@H](N)CC1=NC(=S)N=C1. The first-order valence-electron chi connectivity index (χ1n) is 6.43. The van der Waals surface area contributed by atoms with Crippen LogP contribution in [-0.4, -0.2) is 56.4 Å². The highest BCUT2D eigenvalue weighted by Gasteiger charge is 2.25. The van der Waals surface area contributed by atoms with Crippen LogP contribution in [0, 0.1) is 0 Å². The number of thioether (sulfide) groups is 1. The Morgan fingerprint density at radius 3 is 1.65 bits per heavy atom. The molecule has 0 radical (unpaired) electrons. The Kier molecular flexibility index (Phi) is 6.07. The summed E-state index contributed by atoms with van der Waals surface area (Å²) in [6, 6.07) is -1.78. The minimum absolute atomic E-state index is 0.158. The molecule has 2 aliphatic heterocycles. The summed E-state index contributed by atoms with van der Waals surface area (Å²) in [7, 11) is 0. The molecular weight excluding hydrogens is 356 g/mol. The van der Waals surface area contributed by atoms with Crippen molar-refractivity contribution in [3.63, 3.8) is 0 Å². The molecule has 0 unspecified atom stereocenters. The molecule has 0 aliphatic carbocycles. The second kappa shape index (κ2) is 7.84. The minimum Gasteiger partial charge on any atom is -0.320 e. The topological polar surface area (TPSA) is 136 Å². The zero-order valence-electron chi connectivity index (χ0n) is 11.7. The van der Waals surface area contributed by atoms with Crippen LogP contribution in [-0.2, 0) is 9.59 Å². The van der Waals surface area contributed by atoms with Crippen molar-refractivity contribution in [2.24, 2.45) is 31.4 Å². The first kappa shape index (κ1) is 17.8. The van der Waals surface area contributed by atoms with Crippen LogP contribution >= 0.6 is 36.2 Å². The van der Waals surface area contributed by atoms with Crippen LogP contribution in [0.15, 0.2) is 20.0 Å². The second-order valence-corrected chi connectivity index (χ2v) is 6.39. The normalized spacial score (nSPS) is 18.9. The summed E-state index contributed by atoms with van der Waals surface area (Å²) in [5, 5.41) is -0.585. The van der Waals surface area contributed by atoms with E-state index in [4.69, 9.17) is 35.9 Å². The first-order chi connectivity index (χ1) is 10.8. The molecule has 0 spiro atoms. The van der Waals surface area contributed by atoms with E-state index in [-0.39, 0.29) is 23.1 Å². The summed E-state index contributed by atoms with van der Waals surface area (Å²) in [6.07, 6.45) is 3.22. The molecular formula is C12H12N6O2S3. The van der Waals surface area contributed by atoms with Gasteiger partial charge in [0, 0.05) is 12.8 Å². The molecule has 120 valence electrons. The van der Waals surface area contributed by atoms with Crippen molar-refractivity contribution in [1.82, 2.24) is 0 Å². The molecule has 0 saturated heterocycles. The minimum atomic E-state index is -0.889. The number of carbonyl (C=O) groups excluding carboxylic acids is 2. The van der Waals surface area contributed by atoms with Crippen LogP contribution in [0.5, 0.6) is 0 Å². The lowest BCUT2D eigenvalue weighted by molar-refractivity contribution is -0.114. The quantitative estimate of drug-likeness (QED) is 0.621. The van der Waals surface area contributed by atoms with E-state index in [0.717, 1.165) is 0 Å². The number of hydrogen-bond donors (Lipinski definition) is 2. The van der Waals surface area contributed by atoms with Crippen molar-refractivity contribution in [1.29, 1.82) is 0 Å². The van der Waals surface area contributed by atoms with Gasteiger partial charge in [-0.3, -0.25) is 9.59 Å². The molecule has 0 fully saturated rings. The Morgan fingerprint density at radius 1 is 0.957 bits per heavy atom. The van der Waals surface area contributed by atoms with Gasteiger partial charge in [0.15, 0.2) is 0 Å². The zero-order valence-corrected chi connectivity index (χ0v) is 14.2. The number of hydrogen-bond acceptors (Lipinski definition) is 7. The van der Waals surface area contributed by atoms with Gasteiger partial charge in [0.2, 0.25) is 20.5 Å². The fraction of sp³-hybridized carbons (Fsp3) is 0.333. The fourth-order valence-corrected chi connectivity index (χ4v) is 2.69. The third-order valence-corrected chi connectivity index (χ3v) is 4.19. The van der Waals surface area contributed by atoms with Crippen molar-refractivity contribution in [3.05, 3.63) is 0 Å². The lowest BCUT2D eigenvalue weighted by atomic mass is 10.2. The van der Waals surface area contributed by atoms with Crippen molar-refractivity contribution < 1.29 is 9.59 Å². The first-order valence-corrected chi connectivity index (χ1v) is 8.06.